The van der Waals surface area contributed by atoms with Gasteiger partial charge in [0.1, 0.15) is 6.61 Å². The lowest BCUT2D eigenvalue weighted by atomic mass is 10.0. The van der Waals surface area contributed by atoms with Crippen molar-refractivity contribution >= 4 is 17.7 Å². The summed E-state index contributed by atoms with van der Waals surface area (Å²) in [7, 11) is 0. The zero-order chi connectivity index (χ0) is 23.1. The van der Waals surface area contributed by atoms with E-state index in [1.807, 2.05) is 0 Å². The number of amides is 1. The number of nitrogens with one attached hydrogen (secondary N) is 1. The molecule has 0 aromatic heterocycles. The number of benzene rings is 3. The molecule has 0 aliphatic heterocycles. The van der Waals surface area contributed by atoms with E-state index in [-0.39, 0.29) is 17.7 Å². The molecule has 1 amide bonds. The summed E-state index contributed by atoms with van der Waals surface area (Å²) in [6.07, 6.45) is -4.55. The minimum absolute atomic E-state index is 0.117. The van der Waals surface area contributed by atoms with Crippen molar-refractivity contribution in [3.63, 3.8) is 0 Å². The Morgan fingerprint density at radius 2 is 1.34 bits per heavy atom. The highest BCUT2D eigenvalue weighted by molar-refractivity contribution is 6.14. The second-order valence-electron chi connectivity index (χ2n) is 6.81. The van der Waals surface area contributed by atoms with Crippen molar-refractivity contribution in [2.75, 3.05) is 0 Å². The predicted octanol–water partition coefficient (Wildman–Crippen LogP) is 4.43. The Balaban J connectivity index is 1.79. The minimum atomic E-state index is -4.55. The Hall–Kier alpha value is -3.94. The van der Waals surface area contributed by atoms with Crippen LogP contribution in [0.1, 0.15) is 31.8 Å². The van der Waals surface area contributed by atoms with Gasteiger partial charge in [0, 0.05) is 11.1 Å². The molecule has 0 saturated carbocycles. The molecule has 1 N–H and O–H groups in total. The lowest BCUT2D eigenvalue weighted by molar-refractivity contribution is -0.145. The third kappa shape index (κ3) is 5.81. The zero-order valence-corrected chi connectivity index (χ0v) is 16.6. The molecule has 3 rings (SSSR count). The molecule has 3 aromatic carbocycles. The minimum Gasteiger partial charge on any atom is -0.459 e. The predicted molar refractivity (Wildman–Crippen MR) is 110 cm³/mol. The molecule has 0 radical (unpaired) electrons. The molecule has 0 bridgehead atoms. The molecule has 32 heavy (non-hydrogen) atoms. The van der Waals surface area contributed by atoms with Crippen molar-refractivity contribution in [3.8, 4) is 0 Å². The average molecular weight is 441 g/mol. The quantitative estimate of drug-likeness (QED) is 0.335. The lowest BCUT2D eigenvalue weighted by Gasteiger charge is -2.17. The first kappa shape index (κ1) is 22.7. The van der Waals surface area contributed by atoms with Crippen LogP contribution in [0.4, 0.5) is 13.2 Å². The number of esters is 1. The summed E-state index contributed by atoms with van der Waals surface area (Å²) in [6, 6.07) is 18.3. The van der Waals surface area contributed by atoms with Crippen molar-refractivity contribution in [3.05, 3.63) is 107 Å². The fraction of sp³-hybridized carbons (Fsp3) is 0.125. The van der Waals surface area contributed by atoms with Gasteiger partial charge in [-0.2, -0.15) is 13.2 Å². The standard InChI is InChI=1S/C24H18F3NO4/c25-24(26,27)19-13-11-18(12-14-19)22(30)28-20(21(29)17-9-5-2-6-10-17)23(31)32-15-16-7-3-1-4-8-16/h1-14,20H,15H2,(H,28,30). The van der Waals surface area contributed by atoms with Crippen molar-refractivity contribution in [2.45, 2.75) is 18.8 Å². The third-order valence-electron chi connectivity index (χ3n) is 4.53. The Morgan fingerprint density at radius 3 is 1.91 bits per heavy atom. The lowest BCUT2D eigenvalue weighted by Crippen LogP contribution is -2.47. The highest BCUT2D eigenvalue weighted by atomic mass is 19.4. The molecule has 0 heterocycles. The van der Waals surface area contributed by atoms with Crippen LogP contribution in [-0.2, 0) is 22.3 Å². The fourth-order valence-electron chi connectivity index (χ4n) is 2.84. The maximum Gasteiger partial charge on any atom is 0.416 e. The smallest absolute Gasteiger partial charge is 0.416 e. The number of Topliss-reactive ketones (excluding diaryl/α,β-unsaturated/α-hetero) is 1. The topological polar surface area (TPSA) is 72.5 Å². The van der Waals surface area contributed by atoms with Crippen molar-refractivity contribution in [1.29, 1.82) is 0 Å². The number of ether oxygens (including phenoxy) is 1. The molecule has 1 atom stereocenters. The summed E-state index contributed by atoms with van der Waals surface area (Å²) < 4.78 is 43.5. The first-order valence-corrected chi connectivity index (χ1v) is 9.53. The van der Waals surface area contributed by atoms with Gasteiger partial charge in [-0.1, -0.05) is 60.7 Å². The number of carbonyl (C=O) groups excluding carboxylic acids is 3. The molecule has 8 heteroatoms. The second-order valence-corrected chi connectivity index (χ2v) is 6.81. The number of carbonyl (C=O) groups is 3. The van der Waals surface area contributed by atoms with Gasteiger partial charge < -0.3 is 10.1 Å². The zero-order valence-electron chi connectivity index (χ0n) is 16.6. The van der Waals surface area contributed by atoms with Gasteiger partial charge >= 0.3 is 12.1 Å². The van der Waals surface area contributed by atoms with Gasteiger partial charge in [-0.05, 0) is 29.8 Å². The molecular weight excluding hydrogens is 423 g/mol. The fourth-order valence-corrected chi connectivity index (χ4v) is 2.84. The first-order chi connectivity index (χ1) is 15.3. The van der Waals surface area contributed by atoms with E-state index < -0.39 is 35.4 Å². The number of rotatable bonds is 7. The number of ketones is 1. The van der Waals surface area contributed by atoms with E-state index in [4.69, 9.17) is 4.74 Å². The van der Waals surface area contributed by atoms with Crippen LogP contribution in [0, 0.1) is 0 Å². The molecule has 0 aliphatic carbocycles. The van der Waals surface area contributed by atoms with E-state index in [9.17, 15) is 27.6 Å². The summed E-state index contributed by atoms with van der Waals surface area (Å²) in [4.78, 5) is 38.1. The molecule has 164 valence electrons. The van der Waals surface area contributed by atoms with Crippen LogP contribution in [-0.4, -0.2) is 23.7 Å². The maximum absolute atomic E-state index is 12.9. The Labute approximate surface area is 181 Å². The summed E-state index contributed by atoms with van der Waals surface area (Å²) in [5.74, 6) is -2.57. The van der Waals surface area contributed by atoms with E-state index in [2.05, 4.69) is 5.32 Å². The van der Waals surface area contributed by atoms with Gasteiger partial charge in [0.05, 0.1) is 5.56 Å². The largest absolute Gasteiger partial charge is 0.459 e. The van der Waals surface area contributed by atoms with Gasteiger partial charge in [-0.25, -0.2) is 4.79 Å². The Bertz CT molecular complexity index is 1080. The Morgan fingerprint density at radius 1 is 0.781 bits per heavy atom. The summed E-state index contributed by atoms with van der Waals surface area (Å²) in [5, 5.41) is 2.28. The molecule has 5 nitrogen and oxygen atoms in total. The van der Waals surface area contributed by atoms with Crippen LogP contribution in [0.15, 0.2) is 84.9 Å². The summed E-state index contributed by atoms with van der Waals surface area (Å²) in [5.41, 5.74) is -0.212. The van der Waals surface area contributed by atoms with Crippen LogP contribution in [0.2, 0.25) is 0 Å². The van der Waals surface area contributed by atoms with Gasteiger partial charge in [0.2, 0.25) is 0 Å². The summed E-state index contributed by atoms with van der Waals surface area (Å²) in [6.45, 7) is -0.117. The van der Waals surface area contributed by atoms with Crippen LogP contribution in [0.3, 0.4) is 0 Å². The maximum atomic E-state index is 12.9. The molecule has 0 aliphatic rings. The van der Waals surface area contributed by atoms with Crippen LogP contribution in [0.5, 0.6) is 0 Å². The number of alkyl halides is 3. The van der Waals surface area contributed by atoms with Crippen LogP contribution in [0.25, 0.3) is 0 Å². The third-order valence-corrected chi connectivity index (χ3v) is 4.53. The van der Waals surface area contributed by atoms with Gasteiger partial charge in [-0.3, -0.25) is 9.59 Å². The van der Waals surface area contributed by atoms with Gasteiger partial charge in [0.25, 0.3) is 5.91 Å². The molecule has 1 unspecified atom stereocenters. The average Bonchev–Trinajstić information content (AvgIpc) is 2.81. The van der Waals surface area contributed by atoms with Crippen LogP contribution >= 0.6 is 0 Å². The van der Waals surface area contributed by atoms with E-state index in [1.165, 1.54) is 12.1 Å². The number of halogens is 3. The number of hydrogen-bond donors (Lipinski definition) is 1. The SMILES string of the molecule is O=C(NC(C(=O)OCc1ccccc1)C(=O)c1ccccc1)c1ccc(C(F)(F)F)cc1. The van der Waals surface area contributed by atoms with Crippen molar-refractivity contribution in [2.24, 2.45) is 0 Å². The monoisotopic (exact) mass is 441 g/mol. The van der Waals surface area contributed by atoms with Crippen molar-refractivity contribution in [1.82, 2.24) is 5.32 Å². The van der Waals surface area contributed by atoms with E-state index in [0.717, 1.165) is 24.3 Å². The highest BCUT2D eigenvalue weighted by Crippen LogP contribution is 2.29. The molecule has 0 saturated heterocycles. The summed E-state index contributed by atoms with van der Waals surface area (Å²) >= 11 is 0. The normalized spacial score (nSPS) is 12.0. The van der Waals surface area contributed by atoms with E-state index in [0.29, 0.717) is 5.56 Å². The highest BCUT2D eigenvalue weighted by Gasteiger charge is 2.32. The molecule has 0 spiro atoms. The Kier molecular flexibility index (Phi) is 7.04. The van der Waals surface area contributed by atoms with E-state index in [1.54, 1.807) is 48.5 Å². The van der Waals surface area contributed by atoms with Gasteiger partial charge in [-0.15, -0.1) is 0 Å². The molecule has 3 aromatic rings. The van der Waals surface area contributed by atoms with Crippen LogP contribution < -0.4 is 5.32 Å². The van der Waals surface area contributed by atoms with Gasteiger partial charge in [0.15, 0.2) is 11.8 Å². The number of hydrogen-bond acceptors (Lipinski definition) is 4. The van der Waals surface area contributed by atoms with Crippen molar-refractivity contribution < 1.29 is 32.3 Å². The first-order valence-electron chi connectivity index (χ1n) is 9.53. The second kappa shape index (κ2) is 9.91. The molecular formula is C24H18F3NO4. The van der Waals surface area contributed by atoms with E-state index >= 15 is 0 Å². The molecule has 0 fully saturated rings.